The first kappa shape index (κ1) is 30.2. The molecule has 1 aliphatic rings. The van der Waals surface area contributed by atoms with Crippen molar-refractivity contribution in [2.45, 2.75) is 64.1 Å². The third-order valence-corrected chi connectivity index (χ3v) is 4.52. The van der Waals surface area contributed by atoms with Gasteiger partial charge in [-0.05, 0) is 26.8 Å². The fourth-order valence-corrected chi connectivity index (χ4v) is 2.68. The second-order valence-electron chi connectivity index (χ2n) is 7.63. The molecule has 35 heavy (non-hydrogen) atoms. The van der Waals surface area contributed by atoms with Gasteiger partial charge in [0, 0.05) is 19.6 Å². The minimum absolute atomic E-state index is 0.0559. The molecular formula is C23H35NO11. The molecule has 1 aliphatic heterocycles. The summed E-state index contributed by atoms with van der Waals surface area (Å²) in [4.78, 5) is 41.1. The van der Waals surface area contributed by atoms with Gasteiger partial charge in [-0.1, -0.05) is 17.8 Å². The van der Waals surface area contributed by atoms with Crippen molar-refractivity contribution in [2.24, 2.45) is 5.16 Å². The largest absolute Gasteiger partial charge is 0.459 e. The number of nitrogens with zero attached hydrogens (tertiary/aromatic N) is 1. The molecule has 0 saturated carbocycles. The second kappa shape index (κ2) is 16.8. The fourth-order valence-electron chi connectivity index (χ4n) is 2.68. The van der Waals surface area contributed by atoms with Crippen molar-refractivity contribution in [3.63, 3.8) is 0 Å². The van der Waals surface area contributed by atoms with E-state index in [-0.39, 0.29) is 26.2 Å². The molecule has 0 unspecified atom stereocenters. The zero-order valence-electron chi connectivity index (χ0n) is 20.5. The lowest BCUT2D eigenvalue weighted by atomic mass is 10.1. The van der Waals surface area contributed by atoms with E-state index in [0.29, 0.717) is 18.9 Å². The zero-order chi connectivity index (χ0) is 26.2. The van der Waals surface area contributed by atoms with Crippen molar-refractivity contribution in [1.29, 1.82) is 0 Å². The summed E-state index contributed by atoms with van der Waals surface area (Å²) in [6.45, 7) is 8.77. The van der Waals surface area contributed by atoms with E-state index in [1.165, 1.54) is 26.0 Å². The molecule has 0 bridgehead atoms. The molecule has 0 spiro atoms. The molecule has 0 aromatic carbocycles. The Balaban J connectivity index is 2.39. The van der Waals surface area contributed by atoms with E-state index < -0.39 is 48.4 Å². The summed E-state index contributed by atoms with van der Waals surface area (Å²) in [7, 11) is 1.54. The number of aliphatic hydroxyl groups excluding tert-OH is 1. The predicted octanol–water partition coefficient (Wildman–Crippen LogP) is 1.06. The summed E-state index contributed by atoms with van der Waals surface area (Å²) in [6.07, 6.45) is -0.301. The molecule has 5 atom stereocenters. The highest BCUT2D eigenvalue weighted by Gasteiger charge is 2.33. The van der Waals surface area contributed by atoms with E-state index in [0.717, 1.165) is 6.08 Å². The molecule has 1 heterocycles. The number of rotatable bonds is 17. The SMILES string of the molecule is C=CCOC(=O)[C@@H]1CC([C@H](C)OC(=O)C[C@H](C)OC(=O)/C=C/[C@@H](OCOCCOC)[C@H](C)O)=NO1. The number of carbonyl (C=O) groups excluding carboxylic acids is 3. The van der Waals surface area contributed by atoms with Crippen LogP contribution < -0.4 is 0 Å². The van der Waals surface area contributed by atoms with Gasteiger partial charge >= 0.3 is 17.9 Å². The van der Waals surface area contributed by atoms with Crippen molar-refractivity contribution < 1.29 is 52.7 Å². The van der Waals surface area contributed by atoms with Gasteiger partial charge in [0.2, 0.25) is 6.10 Å². The van der Waals surface area contributed by atoms with Crippen LogP contribution in [0, 0.1) is 0 Å². The van der Waals surface area contributed by atoms with Gasteiger partial charge in [-0.2, -0.15) is 0 Å². The van der Waals surface area contributed by atoms with Gasteiger partial charge in [-0.15, -0.1) is 0 Å². The first-order valence-electron chi connectivity index (χ1n) is 11.1. The fraction of sp³-hybridized carbons (Fsp3) is 0.652. The maximum atomic E-state index is 12.2. The van der Waals surface area contributed by atoms with Crippen LogP contribution in [0.5, 0.6) is 0 Å². The van der Waals surface area contributed by atoms with E-state index in [9.17, 15) is 19.5 Å². The van der Waals surface area contributed by atoms with Crippen molar-refractivity contribution >= 4 is 23.6 Å². The Morgan fingerprint density at radius 2 is 1.97 bits per heavy atom. The van der Waals surface area contributed by atoms with Gasteiger partial charge in [-0.3, -0.25) is 4.79 Å². The van der Waals surface area contributed by atoms with Crippen LogP contribution in [0.25, 0.3) is 0 Å². The molecule has 0 amide bonds. The number of aliphatic hydroxyl groups is 1. The summed E-state index contributed by atoms with van der Waals surface area (Å²) in [6, 6.07) is 0. The van der Waals surface area contributed by atoms with Crippen LogP contribution >= 0.6 is 0 Å². The summed E-state index contributed by atoms with van der Waals surface area (Å²) >= 11 is 0. The molecule has 0 aliphatic carbocycles. The summed E-state index contributed by atoms with van der Waals surface area (Å²) in [5, 5.41) is 13.6. The number of hydrogen-bond donors (Lipinski definition) is 1. The van der Waals surface area contributed by atoms with E-state index in [2.05, 4.69) is 11.7 Å². The van der Waals surface area contributed by atoms with Crippen LogP contribution in [-0.2, 0) is 47.6 Å². The summed E-state index contributed by atoms with van der Waals surface area (Å²) < 4.78 is 30.7. The van der Waals surface area contributed by atoms with Gasteiger partial charge in [-0.25, -0.2) is 9.59 Å². The van der Waals surface area contributed by atoms with E-state index >= 15 is 0 Å². The molecule has 0 aromatic heterocycles. The van der Waals surface area contributed by atoms with Crippen molar-refractivity contribution in [3.8, 4) is 0 Å². The quantitative estimate of drug-likeness (QED) is 0.0761. The minimum Gasteiger partial charge on any atom is -0.459 e. The highest BCUT2D eigenvalue weighted by Crippen LogP contribution is 2.17. The summed E-state index contributed by atoms with van der Waals surface area (Å²) in [5.74, 6) is -1.93. The third-order valence-electron chi connectivity index (χ3n) is 4.52. The molecule has 0 fully saturated rings. The van der Waals surface area contributed by atoms with Crippen LogP contribution in [0.2, 0.25) is 0 Å². The average Bonchev–Trinajstić information content (AvgIpc) is 3.29. The maximum absolute atomic E-state index is 12.2. The smallest absolute Gasteiger partial charge is 0.350 e. The topological polar surface area (TPSA) is 148 Å². The van der Waals surface area contributed by atoms with Crippen LogP contribution in [-0.4, -0.2) is 93.0 Å². The Morgan fingerprint density at radius 3 is 2.63 bits per heavy atom. The normalized spacial score (nSPS) is 18.7. The molecule has 0 saturated heterocycles. The number of carbonyl (C=O) groups is 3. The number of ether oxygens (including phenoxy) is 6. The van der Waals surface area contributed by atoms with Crippen LogP contribution in [0.3, 0.4) is 0 Å². The van der Waals surface area contributed by atoms with Crippen LogP contribution in [0.1, 0.15) is 33.6 Å². The van der Waals surface area contributed by atoms with Crippen LogP contribution in [0.4, 0.5) is 0 Å². The Bertz CT molecular complexity index is 750. The van der Waals surface area contributed by atoms with Crippen LogP contribution in [0.15, 0.2) is 30.0 Å². The zero-order valence-corrected chi connectivity index (χ0v) is 20.5. The minimum atomic E-state index is -0.899. The van der Waals surface area contributed by atoms with E-state index in [4.69, 9.17) is 33.3 Å². The van der Waals surface area contributed by atoms with Gasteiger partial charge < -0.3 is 38.4 Å². The molecular weight excluding hydrogens is 466 g/mol. The van der Waals surface area contributed by atoms with E-state index in [1.807, 2.05) is 0 Å². The standard InChI is InChI=1S/C23H35NO11/c1-6-9-31-23(28)20-13-18(24-35-20)17(4)34-22(27)12-15(2)33-21(26)8-7-19(16(3)25)32-14-30-11-10-29-5/h6-8,15-17,19-20,25H,1,9-14H2,2-5H3/b8-7+/t15-,16-,17-,19+,20-/m0/s1. The number of esters is 3. The molecule has 12 heteroatoms. The predicted molar refractivity (Wildman–Crippen MR) is 122 cm³/mol. The molecule has 0 radical (unpaired) electrons. The van der Waals surface area contributed by atoms with Crippen molar-refractivity contribution in [1.82, 2.24) is 0 Å². The molecule has 12 nitrogen and oxygen atoms in total. The van der Waals surface area contributed by atoms with Crippen molar-refractivity contribution in [2.75, 3.05) is 33.7 Å². The Morgan fingerprint density at radius 1 is 1.23 bits per heavy atom. The summed E-state index contributed by atoms with van der Waals surface area (Å²) in [5.41, 5.74) is 0.377. The Labute approximate surface area is 204 Å². The molecule has 0 aromatic rings. The van der Waals surface area contributed by atoms with Gasteiger partial charge in [0.1, 0.15) is 37.4 Å². The lowest BCUT2D eigenvalue weighted by molar-refractivity contribution is -0.154. The maximum Gasteiger partial charge on any atom is 0.350 e. The van der Waals surface area contributed by atoms with Gasteiger partial charge in [0.05, 0.1) is 25.7 Å². The number of hydrogen-bond acceptors (Lipinski definition) is 12. The second-order valence-corrected chi connectivity index (χ2v) is 7.63. The Kier molecular flexibility index (Phi) is 14.5. The van der Waals surface area contributed by atoms with Gasteiger partial charge in [0.25, 0.3) is 0 Å². The highest BCUT2D eigenvalue weighted by molar-refractivity contribution is 5.95. The van der Waals surface area contributed by atoms with Gasteiger partial charge in [0.15, 0.2) is 0 Å². The molecule has 1 N–H and O–H groups in total. The van der Waals surface area contributed by atoms with Crippen molar-refractivity contribution in [3.05, 3.63) is 24.8 Å². The molecule has 198 valence electrons. The number of oxime groups is 1. The lowest BCUT2D eigenvalue weighted by Crippen LogP contribution is -2.29. The Hall–Kier alpha value is -2.80. The first-order chi connectivity index (χ1) is 16.7. The highest BCUT2D eigenvalue weighted by atomic mass is 16.7. The average molecular weight is 502 g/mol. The lowest BCUT2D eigenvalue weighted by Gasteiger charge is -2.17. The monoisotopic (exact) mass is 501 g/mol. The van der Waals surface area contributed by atoms with E-state index in [1.54, 1.807) is 14.0 Å². The number of methoxy groups -OCH3 is 1. The third kappa shape index (κ3) is 12.5. The first-order valence-corrected chi connectivity index (χ1v) is 11.1. The molecule has 1 rings (SSSR count).